The van der Waals surface area contributed by atoms with Crippen molar-refractivity contribution in [3.63, 3.8) is 0 Å². The summed E-state index contributed by atoms with van der Waals surface area (Å²) in [6.07, 6.45) is 2.14. The number of likely N-dealkylation sites (tertiary alicyclic amines) is 1. The zero-order chi connectivity index (χ0) is 27.0. The second kappa shape index (κ2) is 10.2. The van der Waals surface area contributed by atoms with Crippen molar-refractivity contribution in [1.29, 1.82) is 5.26 Å². The summed E-state index contributed by atoms with van der Waals surface area (Å²) < 4.78 is 6.29. The van der Waals surface area contributed by atoms with Gasteiger partial charge >= 0.3 is 0 Å². The van der Waals surface area contributed by atoms with Crippen LogP contribution in [-0.2, 0) is 4.79 Å². The molecule has 37 heavy (non-hydrogen) atoms. The first kappa shape index (κ1) is 26.7. The summed E-state index contributed by atoms with van der Waals surface area (Å²) in [5.74, 6) is 0.315. The summed E-state index contributed by atoms with van der Waals surface area (Å²) in [5, 5.41) is 12.6. The second-order valence-electron chi connectivity index (χ2n) is 11.1. The molecule has 2 aromatic carbocycles. The van der Waals surface area contributed by atoms with Gasteiger partial charge in [0.1, 0.15) is 24.2 Å². The highest BCUT2D eigenvalue weighted by Gasteiger charge is 2.64. The zero-order valence-electron chi connectivity index (χ0n) is 21.6. The molecule has 4 rings (SSSR count). The predicted molar refractivity (Wildman–Crippen MR) is 141 cm³/mol. The van der Waals surface area contributed by atoms with Crippen LogP contribution in [0.4, 0.5) is 0 Å². The molecule has 7 nitrogen and oxygen atoms in total. The Morgan fingerprint density at radius 2 is 1.65 bits per heavy atom. The van der Waals surface area contributed by atoms with Crippen molar-refractivity contribution in [1.82, 2.24) is 10.2 Å². The van der Waals surface area contributed by atoms with Crippen molar-refractivity contribution >= 4 is 29.7 Å². The summed E-state index contributed by atoms with van der Waals surface area (Å²) >= 11 is 6.17. The van der Waals surface area contributed by atoms with E-state index in [4.69, 9.17) is 21.6 Å². The molecule has 1 saturated heterocycles. The number of halogens is 1. The first-order valence-electron chi connectivity index (χ1n) is 12.5. The first-order chi connectivity index (χ1) is 17.5. The lowest BCUT2D eigenvalue weighted by Gasteiger charge is -2.63. The van der Waals surface area contributed by atoms with Crippen molar-refractivity contribution in [2.45, 2.75) is 52.7 Å². The quantitative estimate of drug-likeness (QED) is 0.546. The number of amides is 2. The van der Waals surface area contributed by atoms with Gasteiger partial charge in [-0.15, -0.1) is 0 Å². The molecule has 2 aliphatic rings. The fraction of sp³-hybridized carbons (Fsp3) is 0.448. The molecule has 8 heteroatoms. The van der Waals surface area contributed by atoms with Crippen LogP contribution in [0, 0.1) is 28.1 Å². The van der Waals surface area contributed by atoms with Gasteiger partial charge in [-0.3, -0.25) is 9.59 Å². The van der Waals surface area contributed by atoms with E-state index in [9.17, 15) is 14.4 Å². The maximum Gasteiger partial charge on any atom is 0.253 e. The average Bonchev–Trinajstić information content (AvgIpc) is 2.89. The van der Waals surface area contributed by atoms with Crippen molar-refractivity contribution < 1.29 is 19.1 Å². The third-order valence-electron chi connectivity index (χ3n) is 7.84. The Hall–Kier alpha value is -3.37. The minimum atomic E-state index is -0.372. The van der Waals surface area contributed by atoms with Crippen LogP contribution in [0.15, 0.2) is 42.5 Å². The third-order valence-corrected chi connectivity index (χ3v) is 8.16. The van der Waals surface area contributed by atoms with Crippen LogP contribution >= 0.6 is 11.6 Å². The van der Waals surface area contributed by atoms with E-state index in [1.54, 1.807) is 47.4 Å². The van der Waals surface area contributed by atoms with Crippen molar-refractivity contribution in [2.24, 2.45) is 16.7 Å². The average molecular weight is 522 g/mol. The van der Waals surface area contributed by atoms with E-state index in [0.29, 0.717) is 53.4 Å². The number of hydrogen-bond acceptors (Lipinski definition) is 5. The first-order valence-corrected chi connectivity index (χ1v) is 12.9. The zero-order valence-corrected chi connectivity index (χ0v) is 22.3. The van der Waals surface area contributed by atoms with Gasteiger partial charge < -0.3 is 19.7 Å². The maximum atomic E-state index is 13.1. The molecule has 2 fully saturated rings. The molecule has 1 N–H and O–H groups in total. The molecule has 2 aromatic rings. The van der Waals surface area contributed by atoms with Crippen LogP contribution in [0.1, 0.15) is 66.8 Å². The van der Waals surface area contributed by atoms with Crippen LogP contribution in [0.2, 0.25) is 5.02 Å². The number of hydrogen-bond donors (Lipinski definition) is 1. The monoisotopic (exact) mass is 521 g/mol. The minimum Gasteiger partial charge on any atom is -0.489 e. The fourth-order valence-corrected chi connectivity index (χ4v) is 6.21. The van der Waals surface area contributed by atoms with Gasteiger partial charge in [-0.1, -0.05) is 39.3 Å². The van der Waals surface area contributed by atoms with E-state index in [0.717, 1.165) is 6.29 Å². The Balaban J connectivity index is 1.40. The van der Waals surface area contributed by atoms with Gasteiger partial charge in [0.2, 0.25) is 0 Å². The van der Waals surface area contributed by atoms with Gasteiger partial charge in [-0.25, -0.2) is 0 Å². The SMILES string of the molecule is CC1(C)C(NC(=O)c2ccc(C(=O)N3CCC(C=O)CC3)cc2)C(C)(C)C1Oc1ccc(C#N)c(Cl)c1. The molecular formula is C29H32ClN3O4. The van der Waals surface area contributed by atoms with E-state index in [1.807, 2.05) is 6.07 Å². The summed E-state index contributed by atoms with van der Waals surface area (Å²) in [5.41, 5.74) is 0.652. The molecule has 0 atom stereocenters. The highest BCUT2D eigenvalue weighted by molar-refractivity contribution is 6.31. The highest BCUT2D eigenvalue weighted by atomic mass is 35.5. The summed E-state index contributed by atoms with van der Waals surface area (Å²) in [6, 6.07) is 13.6. The lowest BCUT2D eigenvalue weighted by atomic mass is 9.49. The van der Waals surface area contributed by atoms with Crippen LogP contribution in [0.25, 0.3) is 0 Å². The Morgan fingerprint density at radius 1 is 1.05 bits per heavy atom. The number of nitrogens with zero attached hydrogens (tertiary/aromatic N) is 2. The largest absolute Gasteiger partial charge is 0.489 e. The number of rotatable bonds is 6. The van der Waals surface area contributed by atoms with Gasteiger partial charge in [-0.05, 0) is 49.2 Å². The Morgan fingerprint density at radius 3 is 2.19 bits per heavy atom. The number of nitriles is 1. The van der Waals surface area contributed by atoms with E-state index in [1.165, 1.54) is 0 Å². The maximum absolute atomic E-state index is 13.1. The number of carbonyl (C=O) groups excluding carboxylic acids is 3. The molecule has 1 saturated carbocycles. The van der Waals surface area contributed by atoms with E-state index in [2.05, 4.69) is 33.0 Å². The lowest BCUT2D eigenvalue weighted by Crippen LogP contribution is -2.74. The van der Waals surface area contributed by atoms with Gasteiger partial charge in [0.05, 0.1) is 10.6 Å². The Kier molecular flexibility index (Phi) is 7.34. The van der Waals surface area contributed by atoms with Gasteiger partial charge in [0.15, 0.2) is 0 Å². The van der Waals surface area contributed by atoms with Crippen LogP contribution in [0.3, 0.4) is 0 Å². The smallest absolute Gasteiger partial charge is 0.253 e. The molecule has 2 amide bonds. The summed E-state index contributed by atoms with van der Waals surface area (Å²) in [7, 11) is 0. The number of aldehydes is 1. The van der Waals surface area contributed by atoms with Gasteiger partial charge in [0.25, 0.3) is 11.8 Å². The predicted octanol–water partition coefficient (Wildman–Crippen LogP) is 4.87. The van der Waals surface area contributed by atoms with Crippen LogP contribution < -0.4 is 10.1 Å². The molecule has 1 heterocycles. The summed E-state index contributed by atoms with van der Waals surface area (Å²) in [6.45, 7) is 9.33. The van der Waals surface area contributed by atoms with E-state index < -0.39 is 0 Å². The van der Waals surface area contributed by atoms with Crippen molar-refractivity contribution in [3.05, 3.63) is 64.2 Å². The normalized spacial score (nSPS) is 22.3. The number of carbonyl (C=O) groups is 3. The molecule has 1 aliphatic heterocycles. The number of ether oxygens (including phenoxy) is 1. The van der Waals surface area contributed by atoms with Crippen molar-refractivity contribution in [3.8, 4) is 11.8 Å². The number of piperidine rings is 1. The fourth-order valence-electron chi connectivity index (χ4n) is 6.00. The second-order valence-corrected chi connectivity index (χ2v) is 11.6. The summed E-state index contributed by atoms with van der Waals surface area (Å²) in [4.78, 5) is 38.7. The molecular weight excluding hydrogens is 490 g/mol. The van der Waals surface area contributed by atoms with Gasteiger partial charge in [0, 0.05) is 53.1 Å². The molecule has 0 radical (unpaired) electrons. The Bertz CT molecular complexity index is 1220. The van der Waals surface area contributed by atoms with E-state index >= 15 is 0 Å². The molecule has 1 aliphatic carbocycles. The molecule has 0 spiro atoms. The van der Waals surface area contributed by atoms with Crippen LogP contribution in [0.5, 0.6) is 5.75 Å². The highest BCUT2D eigenvalue weighted by Crippen LogP contribution is 2.55. The van der Waals surface area contributed by atoms with Crippen LogP contribution in [-0.4, -0.2) is 48.2 Å². The van der Waals surface area contributed by atoms with Gasteiger partial charge in [-0.2, -0.15) is 5.26 Å². The molecule has 0 aromatic heterocycles. The molecule has 0 bridgehead atoms. The Labute approximate surface area is 222 Å². The van der Waals surface area contributed by atoms with E-state index in [-0.39, 0.29) is 40.7 Å². The topological polar surface area (TPSA) is 99.5 Å². The number of benzene rings is 2. The number of nitrogens with one attached hydrogen (secondary N) is 1. The third kappa shape index (κ3) is 5.08. The molecule has 194 valence electrons. The minimum absolute atomic E-state index is 0.0297. The van der Waals surface area contributed by atoms with Crippen molar-refractivity contribution in [2.75, 3.05) is 13.1 Å². The lowest BCUT2D eigenvalue weighted by molar-refractivity contribution is -0.164. The standard InChI is InChI=1S/C29H32ClN3O4/c1-28(2)26(29(3,4)27(28)37-22-10-9-21(16-31)23(30)15-22)32-24(35)19-5-7-20(8-6-19)25(36)33-13-11-18(17-34)12-14-33/h5-10,15,17-18,26-27H,11-14H2,1-4H3,(H,32,35). The molecule has 0 unspecified atom stereocenters.